The number of rotatable bonds is 9. The van der Waals surface area contributed by atoms with E-state index in [1.165, 1.54) is 31.9 Å². The summed E-state index contributed by atoms with van der Waals surface area (Å²) >= 11 is 18.7. The van der Waals surface area contributed by atoms with Crippen molar-refractivity contribution in [1.82, 2.24) is 35.1 Å². The molecule has 2 saturated heterocycles. The van der Waals surface area contributed by atoms with Gasteiger partial charge < -0.3 is 29.5 Å². The number of methoxy groups -OCH3 is 1. The van der Waals surface area contributed by atoms with Crippen molar-refractivity contribution >= 4 is 167 Å². The third-order valence-electron chi connectivity index (χ3n) is 14.2. The molecular weight excluding hydrogens is 1350 g/mol. The second-order valence-electron chi connectivity index (χ2n) is 21.0. The molecule has 84 heavy (non-hydrogen) atoms. The third-order valence-corrected chi connectivity index (χ3v) is 21.2. The van der Waals surface area contributed by atoms with Gasteiger partial charge in [0, 0.05) is 51.2 Å². The molecule has 11 aromatic rings. The summed E-state index contributed by atoms with van der Waals surface area (Å²) in [6.45, 7) is 21.7. The number of aromatic hydroxyl groups is 1. The Kier molecular flexibility index (Phi) is 20.8. The van der Waals surface area contributed by atoms with E-state index in [-0.39, 0.29) is 41.9 Å². The summed E-state index contributed by atoms with van der Waals surface area (Å²) in [4.78, 5) is 47.9. The van der Waals surface area contributed by atoms with Crippen molar-refractivity contribution in [3.63, 3.8) is 0 Å². The van der Waals surface area contributed by atoms with Crippen molar-refractivity contribution in [3.8, 4) is 23.0 Å². The van der Waals surface area contributed by atoms with Crippen LogP contribution in [0, 0.1) is 60.3 Å². The van der Waals surface area contributed by atoms with Crippen molar-refractivity contribution in [2.24, 2.45) is 11.8 Å². The number of fused-ring (bicyclic) bond motifs is 5. The van der Waals surface area contributed by atoms with E-state index in [4.69, 9.17) is 14.2 Å². The molecule has 13 rings (SSSR count). The number of hydrogen-bond donors (Lipinski definition) is 2. The zero-order valence-corrected chi connectivity index (χ0v) is 57.1. The fourth-order valence-corrected chi connectivity index (χ4v) is 15.9. The Labute approximate surface area is 534 Å². The van der Waals surface area contributed by atoms with Crippen molar-refractivity contribution in [1.29, 1.82) is 0 Å². The summed E-state index contributed by atoms with van der Waals surface area (Å²) in [5, 5.41) is 15.4. The molecule has 0 aliphatic carbocycles. The van der Waals surface area contributed by atoms with Crippen molar-refractivity contribution in [2.75, 3.05) is 20.2 Å². The molecular formula is C63H64Br3N7O6S5. The summed E-state index contributed by atoms with van der Waals surface area (Å²) in [5.74, 6) is 3.54. The number of hydrogen-bond acceptors (Lipinski definition) is 16. The number of nitrogens with one attached hydrogen (secondary N) is 1. The molecule has 2 aliphatic heterocycles. The molecule has 2 N–H and O–H groups in total. The van der Waals surface area contributed by atoms with Crippen LogP contribution in [0.5, 0.6) is 23.0 Å². The molecule has 13 nitrogen and oxygen atoms in total. The van der Waals surface area contributed by atoms with Gasteiger partial charge in [0.2, 0.25) is 11.8 Å². The number of carbonyl (C=O) groups is 2. The number of benzene rings is 6. The predicted molar refractivity (Wildman–Crippen MR) is 359 cm³/mol. The number of phenolic OH excluding ortho intramolecular Hbond substituents is 1. The van der Waals surface area contributed by atoms with E-state index in [0.717, 1.165) is 104 Å². The fourth-order valence-electron chi connectivity index (χ4n) is 9.95. The molecule has 0 saturated carbocycles. The van der Waals surface area contributed by atoms with Gasteiger partial charge in [0.15, 0.2) is 0 Å². The highest BCUT2D eigenvalue weighted by Crippen LogP contribution is 2.39. The highest BCUT2D eigenvalue weighted by Gasteiger charge is 2.37. The Morgan fingerprint density at radius 2 is 1.07 bits per heavy atom. The number of thiazole rings is 5. The van der Waals surface area contributed by atoms with Crippen LogP contribution in [-0.2, 0) is 9.59 Å². The Balaban J connectivity index is 0.000000135. The van der Waals surface area contributed by atoms with Gasteiger partial charge in [0.25, 0.3) is 0 Å². The van der Waals surface area contributed by atoms with Crippen LogP contribution in [0.3, 0.4) is 0 Å². The Hall–Kier alpha value is -5.65. The zero-order chi connectivity index (χ0) is 60.1. The standard InChI is InChI=1S/C23H25BrN2O3S.C15H18N2O2S.C9H8BrNS.C8H6BrNS.C8H7NOS/c1-13(16-5-7-19(28-4)8-6-16)26-12-17(9-22(26)27)14(2)29-21-11-18(24)10-20-23(21)30-15(3)25-20;1-8-4-12-15(20-10(3)17-12)13(5-8)19-9(2)11-6-14(18)16-7-11;1-5-3-7(10)9-8(4-5)11-6(2)12-9;1-5-2-6(9)8-7(3-5)10-4-11-8;1-5-2-6-8(7(10)3-5)11-4-9-6/h5-8,10-11,13-14,17H,9,12H2,1-4H3;4-5,9,11H,6-7H2,1-3H3,(H,16,18);3-4H,1-2H3;2-4H,1H3;2-4,10H,1H3/t13-,14-,17-;9-,11-;;;/m11.../s1. The number of likely N-dealkylation sites (tertiary alicyclic amines) is 1. The molecule has 2 fully saturated rings. The van der Waals surface area contributed by atoms with Crippen molar-refractivity contribution in [2.45, 2.75) is 100 Å². The highest BCUT2D eigenvalue weighted by atomic mass is 79.9. The molecule has 5 atom stereocenters. The summed E-state index contributed by atoms with van der Waals surface area (Å²) in [5.41, 5.74) is 14.4. The molecule has 21 heteroatoms. The Bertz CT molecular complexity index is 4060. The van der Waals surface area contributed by atoms with E-state index in [1.54, 1.807) is 64.0 Å². The van der Waals surface area contributed by atoms with E-state index in [1.807, 2.05) is 94.4 Å². The van der Waals surface area contributed by atoms with Crippen LogP contribution in [0.1, 0.15) is 82.5 Å². The van der Waals surface area contributed by atoms with Crippen LogP contribution >= 0.6 is 104 Å². The SMILES string of the molecule is COc1ccc([C@@H](C)N2C[C@H]([C@@H](C)Oc3cc(Br)cc4nc(C)sc34)CC2=O)cc1.Cc1cc(Br)c2sc(C)nc2c1.Cc1cc(Br)c2scnc2c1.Cc1cc(O)c2scnc2c1.Cc1cc(O[C@H](C)[C@H]2CNC(=O)C2)c2sc(C)nc2c1. The first-order valence-electron chi connectivity index (χ1n) is 27.1. The monoisotopic (exact) mass is 1410 g/mol. The number of nitrogens with zero attached hydrogens (tertiary/aromatic N) is 6. The number of ether oxygens (including phenoxy) is 3. The lowest BCUT2D eigenvalue weighted by Gasteiger charge is -2.27. The van der Waals surface area contributed by atoms with Gasteiger partial charge in [-0.3, -0.25) is 9.59 Å². The molecule has 2 amide bonds. The molecule has 0 unspecified atom stereocenters. The van der Waals surface area contributed by atoms with Crippen LogP contribution in [-0.4, -0.2) is 79.1 Å². The number of amides is 2. The average molecular weight is 1420 g/mol. The van der Waals surface area contributed by atoms with Crippen LogP contribution < -0.4 is 19.5 Å². The summed E-state index contributed by atoms with van der Waals surface area (Å²) in [6, 6.07) is 28.2. The quantitative estimate of drug-likeness (QED) is 0.141. The second-order valence-corrected chi connectivity index (χ2v) is 28.9. The Morgan fingerprint density at radius 1 is 0.583 bits per heavy atom. The second kappa shape index (κ2) is 27.8. The van der Waals surface area contributed by atoms with Gasteiger partial charge in [0.05, 0.1) is 90.3 Å². The minimum atomic E-state index is -0.0816. The van der Waals surface area contributed by atoms with E-state index in [9.17, 15) is 14.7 Å². The van der Waals surface area contributed by atoms with E-state index >= 15 is 0 Å². The summed E-state index contributed by atoms with van der Waals surface area (Å²) < 4.78 is 26.5. The van der Waals surface area contributed by atoms with Gasteiger partial charge in [-0.2, -0.15) is 0 Å². The maximum Gasteiger partial charge on any atom is 0.223 e. The third kappa shape index (κ3) is 15.5. The van der Waals surface area contributed by atoms with E-state index in [0.29, 0.717) is 31.7 Å². The highest BCUT2D eigenvalue weighted by molar-refractivity contribution is 9.11. The van der Waals surface area contributed by atoms with E-state index in [2.05, 4.69) is 142 Å². The van der Waals surface area contributed by atoms with Gasteiger partial charge in [-0.15, -0.1) is 56.7 Å². The summed E-state index contributed by atoms with van der Waals surface area (Å²) in [6.07, 6.45) is 0.988. The molecule has 7 heterocycles. The summed E-state index contributed by atoms with van der Waals surface area (Å²) in [7, 11) is 1.65. The normalized spacial score (nSPS) is 15.8. The lowest BCUT2D eigenvalue weighted by Crippen LogP contribution is -2.31. The molecule has 5 aromatic heterocycles. The first-order chi connectivity index (χ1) is 40.1. The topological polar surface area (TPSA) is 162 Å². The fraction of sp³-hybridized carbons (Fsp3) is 0.317. The molecule has 0 radical (unpaired) electrons. The van der Waals surface area contributed by atoms with Crippen LogP contribution in [0.25, 0.3) is 51.1 Å². The molecule has 2 aliphatic rings. The maximum atomic E-state index is 12.8. The van der Waals surface area contributed by atoms with E-state index < -0.39 is 0 Å². The number of aryl methyl sites for hydroxylation is 7. The zero-order valence-electron chi connectivity index (χ0n) is 48.3. The molecule has 0 spiro atoms. The van der Waals surface area contributed by atoms with Gasteiger partial charge in [0.1, 0.15) is 35.2 Å². The van der Waals surface area contributed by atoms with Gasteiger partial charge in [-0.1, -0.05) is 28.1 Å². The number of halogens is 3. The van der Waals surface area contributed by atoms with Gasteiger partial charge >= 0.3 is 0 Å². The smallest absolute Gasteiger partial charge is 0.223 e. The van der Waals surface area contributed by atoms with Gasteiger partial charge in [-0.25, -0.2) is 24.9 Å². The molecule has 0 bridgehead atoms. The maximum absolute atomic E-state index is 12.8. The lowest BCUT2D eigenvalue weighted by atomic mass is 10.0. The van der Waals surface area contributed by atoms with Gasteiger partial charge in [-0.05, 0) is 202 Å². The predicted octanol–water partition coefficient (Wildman–Crippen LogP) is 17.9. The van der Waals surface area contributed by atoms with Crippen molar-refractivity contribution in [3.05, 3.63) is 152 Å². The average Bonchev–Trinajstić information content (AvgIpc) is 4.38. The lowest BCUT2D eigenvalue weighted by molar-refractivity contribution is -0.129. The largest absolute Gasteiger partial charge is 0.506 e. The number of carbonyl (C=O) groups excluding carboxylic acids is 2. The Morgan fingerprint density at radius 3 is 1.65 bits per heavy atom. The first kappa shape index (κ1) is 62.9. The number of phenols is 1. The minimum absolute atomic E-state index is 0.0151. The van der Waals surface area contributed by atoms with Crippen LogP contribution in [0.2, 0.25) is 0 Å². The van der Waals surface area contributed by atoms with Crippen molar-refractivity contribution < 1.29 is 28.9 Å². The number of aromatic nitrogens is 5. The van der Waals surface area contributed by atoms with Crippen LogP contribution in [0.4, 0.5) is 0 Å². The van der Waals surface area contributed by atoms with Crippen LogP contribution in [0.15, 0.2) is 109 Å². The molecule has 6 aromatic carbocycles. The minimum Gasteiger partial charge on any atom is -0.506 e. The molecule has 438 valence electrons. The first-order valence-corrected chi connectivity index (χ1v) is 33.7.